The predicted molar refractivity (Wildman–Crippen MR) is 74.8 cm³/mol. The third-order valence-corrected chi connectivity index (χ3v) is 2.83. The fourth-order valence-corrected chi connectivity index (χ4v) is 1.72. The Balaban J connectivity index is 2.62. The van der Waals surface area contributed by atoms with E-state index in [-0.39, 0.29) is 13.0 Å². The molecule has 0 aliphatic carbocycles. The third-order valence-electron chi connectivity index (χ3n) is 2.83. The molecule has 106 valence electrons. The second-order valence-electron chi connectivity index (χ2n) is 4.18. The summed E-state index contributed by atoms with van der Waals surface area (Å²) in [7, 11) is 1.56. The van der Waals surface area contributed by atoms with Crippen molar-refractivity contribution in [2.45, 2.75) is 19.8 Å². The molecule has 0 heterocycles. The maximum Gasteiger partial charge on any atom is 0.323 e. The van der Waals surface area contributed by atoms with Crippen LogP contribution in [0.3, 0.4) is 0 Å². The van der Waals surface area contributed by atoms with Crippen LogP contribution in [-0.2, 0) is 9.53 Å². The van der Waals surface area contributed by atoms with Crippen LogP contribution in [0, 0.1) is 22.7 Å². The van der Waals surface area contributed by atoms with Crippen molar-refractivity contribution in [2.75, 3.05) is 13.7 Å². The SMILES string of the molecule is CCOC(=O)C(C#N)CCC(=N)c1cccc(OC)c1. The number of nitrogens with zero attached hydrogens (tertiary/aromatic N) is 1. The van der Waals surface area contributed by atoms with Gasteiger partial charge in [-0.2, -0.15) is 5.26 Å². The number of methoxy groups -OCH3 is 1. The molecular weight excluding hydrogens is 256 g/mol. The average molecular weight is 274 g/mol. The van der Waals surface area contributed by atoms with Gasteiger partial charge >= 0.3 is 5.97 Å². The van der Waals surface area contributed by atoms with E-state index < -0.39 is 11.9 Å². The van der Waals surface area contributed by atoms with Gasteiger partial charge in [0, 0.05) is 5.71 Å². The van der Waals surface area contributed by atoms with Crippen molar-refractivity contribution in [3.63, 3.8) is 0 Å². The van der Waals surface area contributed by atoms with Crippen molar-refractivity contribution in [3.05, 3.63) is 29.8 Å². The summed E-state index contributed by atoms with van der Waals surface area (Å²) in [6.07, 6.45) is 0.621. The van der Waals surface area contributed by atoms with E-state index in [1.807, 2.05) is 6.07 Å². The van der Waals surface area contributed by atoms with Gasteiger partial charge in [-0.15, -0.1) is 0 Å². The van der Waals surface area contributed by atoms with E-state index in [2.05, 4.69) is 0 Å². The molecule has 0 amide bonds. The third kappa shape index (κ3) is 4.39. The first-order valence-corrected chi connectivity index (χ1v) is 6.40. The Labute approximate surface area is 118 Å². The molecule has 20 heavy (non-hydrogen) atoms. The molecule has 0 saturated carbocycles. The van der Waals surface area contributed by atoms with Crippen molar-refractivity contribution in [1.82, 2.24) is 0 Å². The molecule has 0 aliphatic rings. The number of hydrogen-bond donors (Lipinski definition) is 1. The number of nitrogens with one attached hydrogen (secondary N) is 1. The highest BCUT2D eigenvalue weighted by molar-refractivity contribution is 5.98. The molecule has 1 N–H and O–H groups in total. The van der Waals surface area contributed by atoms with Gasteiger partial charge in [0.15, 0.2) is 0 Å². The second-order valence-corrected chi connectivity index (χ2v) is 4.18. The second kappa shape index (κ2) is 7.95. The standard InChI is InChI=1S/C15H18N2O3/c1-3-20-15(18)12(10-16)7-8-14(17)11-5-4-6-13(9-11)19-2/h4-6,9,12,17H,3,7-8H2,1-2H3. The number of nitriles is 1. The maximum absolute atomic E-state index is 11.5. The van der Waals surface area contributed by atoms with Crippen LogP contribution < -0.4 is 4.74 Å². The highest BCUT2D eigenvalue weighted by Crippen LogP contribution is 2.16. The van der Waals surface area contributed by atoms with Gasteiger partial charge in [0.05, 0.1) is 19.8 Å². The largest absolute Gasteiger partial charge is 0.497 e. The summed E-state index contributed by atoms with van der Waals surface area (Å²) < 4.78 is 9.92. The molecule has 0 spiro atoms. The van der Waals surface area contributed by atoms with Crippen LogP contribution in [0.25, 0.3) is 0 Å². The van der Waals surface area contributed by atoms with Crippen molar-refractivity contribution in [3.8, 4) is 11.8 Å². The van der Waals surface area contributed by atoms with Crippen molar-refractivity contribution in [2.24, 2.45) is 5.92 Å². The Bertz CT molecular complexity index is 520. The number of benzene rings is 1. The first-order chi connectivity index (χ1) is 9.62. The lowest BCUT2D eigenvalue weighted by atomic mass is 9.99. The first kappa shape index (κ1) is 15.7. The lowest BCUT2D eigenvalue weighted by molar-refractivity contribution is -0.146. The van der Waals surface area contributed by atoms with Crippen LogP contribution in [0.2, 0.25) is 0 Å². The van der Waals surface area contributed by atoms with Gasteiger partial charge in [0.1, 0.15) is 11.7 Å². The Hall–Kier alpha value is -2.35. The molecule has 5 heteroatoms. The number of carbonyl (C=O) groups is 1. The highest BCUT2D eigenvalue weighted by atomic mass is 16.5. The summed E-state index contributed by atoms with van der Waals surface area (Å²) in [6, 6.07) is 9.08. The maximum atomic E-state index is 11.5. The summed E-state index contributed by atoms with van der Waals surface area (Å²) in [5.41, 5.74) is 1.10. The Kier molecular flexibility index (Phi) is 6.24. The van der Waals surface area contributed by atoms with Gasteiger partial charge in [-0.25, -0.2) is 0 Å². The molecule has 1 unspecified atom stereocenters. The van der Waals surface area contributed by atoms with Crippen LogP contribution in [-0.4, -0.2) is 25.4 Å². The molecule has 0 aliphatic heterocycles. The molecule has 5 nitrogen and oxygen atoms in total. The lowest BCUT2D eigenvalue weighted by Gasteiger charge is -2.09. The van der Waals surface area contributed by atoms with E-state index in [4.69, 9.17) is 20.1 Å². The summed E-state index contributed by atoms with van der Waals surface area (Å²) in [6.45, 7) is 1.95. The van der Waals surface area contributed by atoms with Gasteiger partial charge in [-0.1, -0.05) is 12.1 Å². The smallest absolute Gasteiger partial charge is 0.323 e. The summed E-state index contributed by atoms with van der Waals surface area (Å²) in [4.78, 5) is 11.5. The van der Waals surface area contributed by atoms with Gasteiger partial charge < -0.3 is 14.9 Å². The monoisotopic (exact) mass is 274 g/mol. The number of ether oxygens (including phenoxy) is 2. The molecule has 0 fully saturated rings. The zero-order chi connectivity index (χ0) is 15.0. The molecule has 1 aromatic carbocycles. The number of carbonyl (C=O) groups excluding carboxylic acids is 1. The van der Waals surface area contributed by atoms with Crippen LogP contribution in [0.15, 0.2) is 24.3 Å². The lowest BCUT2D eigenvalue weighted by Crippen LogP contribution is -2.17. The summed E-state index contributed by atoms with van der Waals surface area (Å²) >= 11 is 0. The molecule has 1 aromatic rings. The van der Waals surface area contributed by atoms with E-state index in [0.29, 0.717) is 17.9 Å². The summed E-state index contributed by atoms with van der Waals surface area (Å²) in [5.74, 6) is -0.663. The topological polar surface area (TPSA) is 83.2 Å². The van der Waals surface area contributed by atoms with Gasteiger partial charge in [-0.3, -0.25) is 4.79 Å². The Morgan fingerprint density at radius 1 is 1.50 bits per heavy atom. The van der Waals surface area contributed by atoms with Crippen LogP contribution >= 0.6 is 0 Å². The minimum Gasteiger partial charge on any atom is -0.497 e. The first-order valence-electron chi connectivity index (χ1n) is 6.40. The van der Waals surface area contributed by atoms with Crippen molar-refractivity contribution < 1.29 is 14.3 Å². The molecule has 0 bridgehead atoms. The van der Waals surface area contributed by atoms with Crippen LogP contribution in [0.1, 0.15) is 25.3 Å². The van der Waals surface area contributed by atoms with Crippen molar-refractivity contribution in [1.29, 1.82) is 10.7 Å². The fourth-order valence-electron chi connectivity index (χ4n) is 1.72. The molecule has 1 atom stereocenters. The highest BCUT2D eigenvalue weighted by Gasteiger charge is 2.19. The van der Waals surface area contributed by atoms with E-state index in [1.54, 1.807) is 38.3 Å². The number of rotatable bonds is 7. The zero-order valence-corrected chi connectivity index (χ0v) is 11.7. The Morgan fingerprint density at radius 3 is 2.85 bits per heavy atom. The normalized spacial score (nSPS) is 11.2. The van der Waals surface area contributed by atoms with Gasteiger partial charge in [0.25, 0.3) is 0 Å². The minimum absolute atomic E-state index is 0.254. The minimum atomic E-state index is -0.819. The van der Waals surface area contributed by atoms with Crippen LogP contribution in [0.4, 0.5) is 0 Å². The summed E-state index contributed by atoms with van der Waals surface area (Å²) in [5, 5.41) is 16.9. The average Bonchev–Trinajstić information content (AvgIpc) is 2.48. The number of esters is 1. The molecule has 1 rings (SSSR count). The zero-order valence-electron chi connectivity index (χ0n) is 11.7. The molecule has 0 saturated heterocycles. The van der Waals surface area contributed by atoms with E-state index in [9.17, 15) is 4.79 Å². The van der Waals surface area contributed by atoms with Crippen molar-refractivity contribution >= 4 is 11.7 Å². The molecular formula is C15H18N2O3. The van der Waals surface area contributed by atoms with Crippen LogP contribution in [0.5, 0.6) is 5.75 Å². The predicted octanol–water partition coefficient (Wildman–Crippen LogP) is 2.55. The fraction of sp³-hybridized carbons (Fsp3) is 0.400. The molecule has 0 radical (unpaired) electrons. The quantitative estimate of drug-likeness (QED) is 0.611. The number of hydrogen-bond acceptors (Lipinski definition) is 5. The van der Waals surface area contributed by atoms with E-state index in [1.165, 1.54) is 0 Å². The van der Waals surface area contributed by atoms with E-state index >= 15 is 0 Å². The van der Waals surface area contributed by atoms with Gasteiger partial charge in [0.2, 0.25) is 0 Å². The Morgan fingerprint density at radius 2 is 2.25 bits per heavy atom. The molecule has 0 aromatic heterocycles. The van der Waals surface area contributed by atoms with Gasteiger partial charge in [-0.05, 0) is 37.5 Å². The van der Waals surface area contributed by atoms with E-state index in [0.717, 1.165) is 5.56 Å².